The summed E-state index contributed by atoms with van der Waals surface area (Å²) in [5.74, 6) is 0.908. The Morgan fingerprint density at radius 3 is 2.84 bits per heavy atom. The Hall–Kier alpha value is -1.07. The summed E-state index contributed by atoms with van der Waals surface area (Å²) in [7, 11) is -3.04. The monoisotopic (exact) mass is 283 g/mol. The van der Waals surface area contributed by atoms with Crippen LogP contribution >= 0.6 is 0 Å². The van der Waals surface area contributed by atoms with Crippen LogP contribution in [-0.2, 0) is 9.84 Å². The summed E-state index contributed by atoms with van der Waals surface area (Å²) >= 11 is 0. The van der Waals surface area contributed by atoms with Gasteiger partial charge >= 0.3 is 0 Å². The molecule has 1 aromatic rings. The van der Waals surface area contributed by atoms with Crippen LogP contribution in [0, 0.1) is 0 Å². The molecule has 1 saturated heterocycles. The van der Waals surface area contributed by atoms with E-state index in [1.807, 2.05) is 31.2 Å². The van der Waals surface area contributed by atoms with Gasteiger partial charge in [-0.05, 0) is 32.9 Å². The smallest absolute Gasteiger partial charge is 0.154 e. The average molecular weight is 283 g/mol. The van der Waals surface area contributed by atoms with Crippen molar-refractivity contribution in [3.63, 3.8) is 0 Å². The molecule has 0 aliphatic carbocycles. The molecule has 19 heavy (non-hydrogen) atoms. The number of nitrogens with one attached hydrogen (secondary N) is 1. The zero-order valence-corrected chi connectivity index (χ0v) is 12.2. The molecule has 2 atom stereocenters. The number of hydrogen-bond acceptors (Lipinski definition) is 4. The summed E-state index contributed by atoms with van der Waals surface area (Å²) in [4.78, 5) is 0. The summed E-state index contributed by atoms with van der Waals surface area (Å²) in [6, 6.07) is 7.47. The molecule has 1 heterocycles. The highest BCUT2D eigenvalue weighted by atomic mass is 32.2. The summed E-state index contributed by atoms with van der Waals surface area (Å²) in [5, 5.41) is 3.05. The number of hydrogen-bond donors (Lipinski definition) is 1. The fourth-order valence-corrected chi connectivity index (χ4v) is 3.92. The van der Waals surface area contributed by atoms with E-state index in [0.29, 0.717) is 19.6 Å². The molecule has 0 amide bonds. The van der Waals surface area contributed by atoms with Crippen LogP contribution in [-0.4, -0.2) is 32.6 Å². The van der Waals surface area contributed by atoms with Crippen LogP contribution in [0.2, 0.25) is 0 Å². The molecule has 5 heteroatoms. The molecule has 1 aromatic carbocycles. The first kappa shape index (κ1) is 14.3. The van der Waals surface area contributed by atoms with Gasteiger partial charge in [0.2, 0.25) is 0 Å². The molecule has 2 rings (SSSR count). The van der Waals surface area contributed by atoms with Crippen LogP contribution in [0.4, 0.5) is 0 Å². The molecule has 2 unspecified atom stereocenters. The molecule has 1 aliphatic heterocycles. The highest BCUT2D eigenvalue weighted by Gasteiger charge is 2.30. The second kappa shape index (κ2) is 5.92. The van der Waals surface area contributed by atoms with Gasteiger partial charge in [0.05, 0.1) is 17.6 Å². The lowest BCUT2D eigenvalue weighted by atomic mass is 10.1. The van der Waals surface area contributed by atoms with Gasteiger partial charge in [0.25, 0.3) is 0 Å². The molecule has 0 saturated carbocycles. The highest BCUT2D eigenvalue weighted by Crippen LogP contribution is 2.28. The topological polar surface area (TPSA) is 55.4 Å². The van der Waals surface area contributed by atoms with E-state index in [4.69, 9.17) is 4.74 Å². The minimum atomic E-state index is -3.04. The summed E-state index contributed by atoms with van der Waals surface area (Å²) in [6.07, 6.45) is 0.662. The van der Waals surface area contributed by atoms with E-state index >= 15 is 0 Å². The van der Waals surface area contributed by atoms with Gasteiger partial charge in [-0.1, -0.05) is 18.2 Å². The Bertz CT molecular complexity index is 527. The minimum absolute atomic E-state index is 0.137. The largest absolute Gasteiger partial charge is 0.494 e. The van der Waals surface area contributed by atoms with Crippen molar-refractivity contribution in [3.8, 4) is 5.75 Å². The van der Waals surface area contributed by atoms with Crippen molar-refractivity contribution < 1.29 is 13.2 Å². The fraction of sp³-hybridized carbons (Fsp3) is 0.571. The van der Waals surface area contributed by atoms with Gasteiger partial charge in [-0.15, -0.1) is 0 Å². The van der Waals surface area contributed by atoms with Crippen LogP contribution in [0.3, 0.4) is 0 Å². The Balaban J connectivity index is 2.31. The first-order valence-corrected chi connectivity index (χ1v) is 8.43. The number of sulfone groups is 1. The molecule has 1 fully saturated rings. The van der Waals surface area contributed by atoms with Crippen LogP contribution in [0.15, 0.2) is 24.3 Å². The van der Waals surface area contributed by atoms with Crippen molar-refractivity contribution in [1.29, 1.82) is 0 Å². The summed E-state index contributed by atoms with van der Waals surface area (Å²) in [5.41, 5.74) is 0.932. The third-order valence-corrected chi connectivity index (χ3v) is 5.81. The first-order valence-electron chi connectivity index (χ1n) is 6.71. The van der Waals surface area contributed by atoms with Gasteiger partial charge in [-0.3, -0.25) is 0 Å². The van der Waals surface area contributed by atoms with Crippen molar-refractivity contribution in [3.05, 3.63) is 29.8 Å². The molecule has 1 N–H and O–H groups in total. The lowest BCUT2D eigenvalue weighted by Crippen LogP contribution is -2.26. The lowest BCUT2D eigenvalue weighted by molar-refractivity contribution is 0.332. The second-order valence-corrected chi connectivity index (χ2v) is 7.37. The van der Waals surface area contributed by atoms with Crippen LogP contribution < -0.4 is 10.1 Å². The van der Waals surface area contributed by atoms with Gasteiger partial charge in [0.1, 0.15) is 5.75 Å². The minimum Gasteiger partial charge on any atom is -0.494 e. The maximum absolute atomic E-state index is 12.2. The van der Waals surface area contributed by atoms with Crippen molar-refractivity contribution in [2.45, 2.75) is 31.6 Å². The third-order valence-electron chi connectivity index (χ3n) is 3.55. The van der Waals surface area contributed by atoms with E-state index < -0.39 is 9.84 Å². The predicted molar refractivity (Wildman–Crippen MR) is 76.2 cm³/mol. The van der Waals surface area contributed by atoms with Crippen LogP contribution in [0.25, 0.3) is 0 Å². The maximum atomic E-state index is 12.2. The van der Waals surface area contributed by atoms with Gasteiger partial charge < -0.3 is 10.1 Å². The molecule has 0 bridgehead atoms. The zero-order valence-electron chi connectivity index (χ0n) is 11.4. The molecule has 106 valence electrons. The quantitative estimate of drug-likeness (QED) is 0.921. The Morgan fingerprint density at radius 1 is 1.37 bits per heavy atom. The van der Waals surface area contributed by atoms with Crippen molar-refractivity contribution >= 4 is 9.84 Å². The van der Waals surface area contributed by atoms with Gasteiger partial charge in [0, 0.05) is 11.6 Å². The number of ether oxygens (including phenoxy) is 1. The highest BCUT2D eigenvalue weighted by molar-refractivity contribution is 7.92. The summed E-state index contributed by atoms with van der Waals surface area (Å²) < 4.78 is 29.9. The number of para-hydroxylation sites is 1. The Labute approximate surface area is 115 Å². The standard InChI is InChI=1S/C14H21NO3S/c1-3-18-14-7-5-4-6-12(14)13-10-19(16,17)11(2)8-9-15-13/h4-7,11,13,15H,3,8-10H2,1-2H3. The Morgan fingerprint density at radius 2 is 2.11 bits per heavy atom. The normalized spacial score (nSPS) is 26.6. The van der Waals surface area contributed by atoms with E-state index in [2.05, 4.69) is 5.32 Å². The van der Waals surface area contributed by atoms with Crippen LogP contribution in [0.5, 0.6) is 5.75 Å². The SMILES string of the molecule is CCOc1ccccc1C1CS(=O)(=O)C(C)CCN1. The van der Waals surface area contributed by atoms with E-state index in [1.165, 1.54) is 0 Å². The number of benzene rings is 1. The maximum Gasteiger partial charge on any atom is 0.154 e. The van der Waals surface area contributed by atoms with Crippen LogP contribution in [0.1, 0.15) is 31.9 Å². The van der Waals surface area contributed by atoms with E-state index in [9.17, 15) is 8.42 Å². The van der Waals surface area contributed by atoms with E-state index in [1.54, 1.807) is 6.92 Å². The molecule has 0 spiro atoms. The predicted octanol–water partition coefficient (Wildman–Crippen LogP) is 1.92. The van der Waals surface area contributed by atoms with E-state index in [0.717, 1.165) is 11.3 Å². The molecular weight excluding hydrogens is 262 g/mol. The zero-order chi connectivity index (χ0) is 13.9. The van der Waals surface area contributed by atoms with Gasteiger partial charge in [-0.2, -0.15) is 0 Å². The lowest BCUT2D eigenvalue weighted by Gasteiger charge is -2.19. The molecular formula is C14H21NO3S. The van der Waals surface area contributed by atoms with Crippen molar-refractivity contribution in [2.24, 2.45) is 0 Å². The number of rotatable bonds is 3. The average Bonchev–Trinajstić information content (AvgIpc) is 2.50. The first-order chi connectivity index (χ1) is 9.04. The fourth-order valence-electron chi connectivity index (χ4n) is 2.35. The third kappa shape index (κ3) is 3.28. The molecule has 1 aliphatic rings. The second-order valence-electron chi connectivity index (χ2n) is 4.91. The molecule has 0 aromatic heterocycles. The Kier molecular flexibility index (Phi) is 4.47. The van der Waals surface area contributed by atoms with Gasteiger partial charge in [0.15, 0.2) is 9.84 Å². The van der Waals surface area contributed by atoms with Gasteiger partial charge in [-0.25, -0.2) is 8.42 Å². The van der Waals surface area contributed by atoms with E-state index in [-0.39, 0.29) is 17.0 Å². The molecule has 4 nitrogen and oxygen atoms in total. The summed E-state index contributed by atoms with van der Waals surface area (Å²) in [6.45, 7) is 5.00. The van der Waals surface area contributed by atoms with Crippen molar-refractivity contribution in [2.75, 3.05) is 18.9 Å². The molecule has 0 radical (unpaired) electrons. The van der Waals surface area contributed by atoms with Crippen molar-refractivity contribution in [1.82, 2.24) is 5.32 Å².